The summed E-state index contributed by atoms with van der Waals surface area (Å²) in [6, 6.07) is 11.6. The third kappa shape index (κ3) is 4.19. The molecule has 0 saturated heterocycles. The maximum absolute atomic E-state index is 11.8. The van der Waals surface area contributed by atoms with Crippen LogP contribution in [0.5, 0.6) is 0 Å². The number of Topliss-reactive ketones (excluding diaryl/α,β-unsaturated/α-hetero) is 1. The Morgan fingerprint density at radius 3 is 2.67 bits per heavy atom. The molecule has 0 bridgehead atoms. The van der Waals surface area contributed by atoms with Crippen LogP contribution in [0.4, 0.5) is 0 Å². The quantitative estimate of drug-likeness (QED) is 0.438. The van der Waals surface area contributed by atoms with E-state index in [1.165, 1.54) is 4.88 Å². The highest BCUT2D eigenvalue weighted by Gasteiger charge is 2.05. The van der Waals surface area contributed by atoms with E-state index in [0.29, 0.717) is 12.2 Å². The number of rotatable bonds is 6. The fraction of sp³-hybridized carbons (Fsp3) is 0.214. The Balaban J connectivity index is 1.73. The third-order valence-electron chi connectivity index (χ3n) is 2.47. The molecule has 2 nitrogen and oxygen atoms in total. The topological polar surface area (TPSA) is 26.3 Å². The van der Waals surface area contributed by atoms with Crippen molar-refractivity contribution in [2.45, 2.75) is 6.42 Å². The molecule has 94 valence electrons. The van der Waals surface area contributed by atoms with Gasteiger partial charge in [0.25, 0.3) is 0 Å². The van der Waals surface area contributed by atoms with Gasteiger partial charge in [-0.15, -0.1) is 11.3 Å². The summed E-state index contributed by atoms with van der Waals surface area (Å²) in [5.74, 6) is 0.0394. The largest absolute Gasteiger partial charge is 0.373 e. The van der Waals surface area contributed by atoms with Crippen LogP contribution in [0.25, 0.3) is 0 Å². The van der Waals surface area contributed by atoms with Crippen LogP contribution in [0.15, 0.2) is 41.8 Å². The van der Waals surface area contributed by atoms with Gasteiger partial charge in [0.1, 0.15) is 6.61 Å². The summed E-state index contributed by atoms with van der Waals surface area (Å²) < 4.78 is 6.54. The van der Waals surface area contributed by atoms with Crippen LogP contribution >= 0.6 is 33.9 Å². The van der Waals surface area contributed by atoms with E-state index in [9.17, 15) is 4.79 Å². The highest BCUT2D eigenvalue weighted by Crippen LogP contribution is 2.10. The molecule has 0 spiro atoms. The van der Waals surface area contributed by atoms with E-state index in [4.69, 9.17) is 4.74 Å². The van der Waals surface area contributed by atoms with Crippen molar-refractivity contribution in [3.63, 3.8) is 0 Å². The lowest BCUT2D eigenvalue weighted by Gasteiger charge is -2.03. The number of hydrogen-bond acceptors (Lipinski definition) is 3. The van der Waals surface area contributed by atoms with E-state index >= 15 is 0 Å². The van der Waals surface area contributed by atoms with Crippen LogP contribution < -0.4 is 0 Å². The van der Waals surface area contributed by atoms with Crippen LogP contribution in [0.1, 0.15) is 15.2 Å². The van der Waals surface area contributed by atoms with Gasteiger partial charge in [-0.05, 0) is 46.2 Å². The molecule has 1 aromatic heterocycles. The lowest BCUT2D eigenvalue weighted by molar-refractivity contribution is 0.0766. The summed E-state index contributed by atoms with van der Waals surface area (Å²) in [7, 11) is 0. The Morgan fingerprint density at radius 1 is 1.22 bits per heavy atom. The third-order valence-corrected chi connectivity index (χ3v) is 4.13. The minimum absolute atomic E-state index is 0.0394. The molecule has 18 heavy (non-hydrogen) atoms. The highest BCUT2D eigenvalue weighted by atomic mass is 127. The minimum atomic E-state index is 0.0394. The summed E-state index contributed by atoms with van der Waals surface area (Å²) in [6.45, 7) is 0.753. The lowest BCUT2D eigenvalue weighted by atomic mass is 10.1. The lowest BCUT2D eigenvalue weighted by Crippen LogP contribution is -2.10. The van der Waals surface area contributed by atoms with E-state index in [-0.39, 0.29) is 12.4 Å². The molecule has 2 rings (SSSR count). The molecular formula is C14H13IO2S. The normalized spacial score (nSPS) is 10.5. The van der Waals surface area contributed by atoms with Crippen molar-refractivity contribution in [3.05, 3.63) is 55.8 Å². The molecule has 1 heterocycles. The van der Waals surface area contributed by atoms with Crippen molar-refractivity contribution in [3.8, 4) is 0 Å². The first kappa shape index (κ1) is 13.7. The minimum Gasteiger partial charge on any atom is -0.373 e. The van der Waals surface area contributed by atoms with E-state index in [2.05, 4.69) is 28.7 Å². The van der Waals surface area contributed by atoms with Crippen LogP contribution in [0, 0.1) is 3.57 Å². The first-order valence-corrected chi connectivity index (χ1v) is 7.60. The van der Waals surface area contributed by atoms with Gasteiger partial charge in [-0.2, -0.15) is 0 Å². The van der Waals surface area contributed by atoms with Crippen molar-refractivity contribution >= 4 is 39.7 Å². The predicted molar refractivity (Wildman–Crippen MR) is 82.3 cm³/mol. The predicted octanol–water partition coefficient (Wildman–Crippen LogP) is 3.79. The first-order valence-electron chi connectivity index (χ1n) is 5.64. The van der Waals surface area contributed by atoms with E-state index < -0.39 is 0 Å². The van der Waals surface area contributed by atoms with Gasteiger partial charge in [-0.25, -0.2) is 0 Å². The first-order chi connectivity index (χ1) is 8.75. The van der Waals surface area contributed by atoms with Gasteiger partial charge in [-0.3, -0.25) is 4.79 Å². The van der Waals surface area contributed by atoms with Crippen molar-refractivity contribution in [1.82, 2.24) is 0 Å². The molecule has 0 saturated carbocycles. The van der Waals surface area contributed by atoms with Crippen LogP contribution in [0.3, 0.4) is 0 Å². The molecule has 0 unspecified atom stereocenters. The SMILES string of the molecule is O=C(COCCc1cccs1)c1ccc(I)cc1. The van der Waals surface area contributed by atoms with Gasteiger partial charge in [0, 0.05) is 20.4 Å². The van der Waals surface area contributed by atoms with Gasteiger partial charge in [0.15, 0.2) is 5.78 Å². The fourth-order valence-electron chi connectivity index (χ4n) is 1.51. The van der Waals surface area contributed by atoms with Gasteiger partial charge < -0.3 is 4.74 Å². The molecule has 0 amide bonds. The average Bonchev–Trinajstić information content (AvgIpc) is 2.88. The molecule has 0 aliphatic carbocycles. The number of halogens is 1. The van der Waals surface area contributed by atoms with Crippen molar-refractivity contribution in [2.75, 3.05) is 13.2 Å². The number of ether oxygens (including phenoxy) is 1. The van der Waals surface area contributed by atoms with Crippen LogP contribution in [-0.4, -0.2) is 19.0 Å². The smallest absolute Gasteiger partial charge is 0.188 e. The second-order valence-corrected chi connectivity index (χ2v) is 6.09. The van der Waals surface area contributed by atoms with Crippen LogP contribution in [-0.2, 0) is 11.2 Å². The fourth-order valence-corrected chi connectivity index (χ4v) is 2.56. The number of ketones is 1. The van der Waals surface area contributed by atoms with E-state index in [0.717, 1.165) is 9.99 Å². The highest BCUT2D eigenvalue weighted by molar-refractivity contribution is 14.1. The molecule has 0 atom stereocenters. The van der Waals surface area contributed by atoms with Gasteiger partial charge >= 0.3 is 0 Å². The molecule has 0 N–H and O–H groups in total. The summed E-state index contributed by atoms with van der Waals surface area (Å²) >= 11 is 3.93. The zero-order valence-electron chi connectivity index (χ0n) is 9.77. The second kappa shape index (κ2) is 7.01. The van der Waals surface area contributed by atoms with Gasteiger partial charge in [0.05, 0.1) is 6.61 Å². The average molecular weight is 372 g/mol. The molecular weight excluding hydrogens is 359 g/mol. The monoisotopic (exact) mass is 372 g/mol. The Kier molecular flexibility index (Phi) is 5.34. The number of hydrogen-bond donors (Lipinski definition) is 0. The molecule has 0 aliphatic heterocycles. The molecule has 4 heteroatoms. The van der Waals surface area contributed by atoms with E-state index in [1.54, 1.807) is 11.3 Å². The Labute approximate surface area is 124 Å². The Morgan fingerprint density at radius 2 is 2.00 bits per heavy atom. The summed E-state index contributed by atoms with van der Waals surface area (Å²) in [5, 5.41) is 2.05. The molecule has 0 radical (unpaired) electrons. The van der Waals surface area contributed by atoms with Crippen molar-refractivity contribution < 1.29 is 9.53 Å². The Bertz CT molecular complexity index is 491. The van der Waals surface area contributed by atoms with E-state index in [1.807, 2.05) is 35.7 Å². The molecule has 2 aromatic rings. The maximum atomic E-state index is 11.8. The number of benzene rings is 1. The molecule has 1 aromatic carbocycles. The number of thiophene rings is 1. The van der Waals surface area contributed by atoms with Crippen LogP contribution in [0.2, 0.25) is 0 Å². The zero-order chi connectivity index (χ0) is 12.8. The van der Waals surface area contributed by atoms with Gasteiger partial charge in [0.2, 0.25) is 0 Å². The number of carbonyl (C=O) groups is 1. The molecule has 0 aliphatic rings. The summed E-state index contributed by atoms with van der Waals surface area (Å²) in [5.41, 5.74) is 0.714. The van der Waals surface area contributed by atoms with Crippen molar-refractivity contribution in [2.24, 2.45) is 0 Å². The Hall–Kier alpha value is -0.720. The summed E-state index contributed by atoms with van der Waals surface area (Å²) in [4.78, 5) is 13.1. The van der Waals surface area contributed by atoms with Gasteiger partial charge in [-0.1, -0.05) is 18.2 Å². The zero-order valence-corrected chi connectivity index (χ0v) is 12.7. The summed E-state index contributed by atoms with van der Waals surface area (Å²) in [6.07, 6.45) is 0.873. The standard InChI is InChI=1S/C14H13IO2S/c15-12-5-3-11(4-6-12)14(16)10-17-8-7-13-2-1-9-18-13/h1-6,9H,7-8,10H2. The maximum Gasteiger partial charge on any atom is 0.188 e. The second-order valence-electron chi connectivity index (χ2n) is 3.81. The molecule has 0 fully saturated rings. The number of carbonyl (C=O) groups excluding carboxylic acids is 1. The van der Waals surface area contributed by atoms with Crippen molar-refractivity contribution in [1.29, 1.82) is 0 Å².